The number of aromatic nitrogens is 11. The van der Waals surface area contributed by atoms with E-state index < -0.39 is 0 Å². The number of Topliss-reactive ketones (excluding diaryl/α,β-unsaturated/α-hetero) is 1. The van der Waals surface area contributed by atoms with Gasteiger partial charge < -0.3 is 16.0 Å². The van der Waals surface area contributed by atoms with Gasteiger partial charge >= 0.3 is 0 Å². The lowest BCUT2D eigenvalue weighted by Crippen LogP contribution is -2.10. The first-order valence-electron chi connectivity index (χ1n) is 14.2. The largest absolute Gasteiger partial charge is 0.382 e. The maximum Gasteiger partial charge on any atom is 0.204 e. The molecule has 0 bridgehead atoms. The van der Waals surface area contributed by atoms with E-state index in [1.165, 1.54) is 42.4 Å². The van der Waals surface area contributed by atoms with Crippen molar-refractivity contribution in [2.24, 2.45) is 0 Å². The van der Waals surface area contributed by atoms with Crippen LogP contribution in [-0.4, -0.2) is 60.9 Å². The summed E-state index contributed by atoms with van der Waals surface area (Å²) in [5.41, 5.74) is 14.5. The molecule has 0 aliphatic heterocycles. The topological polar surface area (TPSA) is 208 Å². The fourth-order valence-corrected chi connectivity index (χ4v) is 4.55. The molecule has 0 saturated carbocycles. The standard InChI is InChI=1S/C16H12FN7O.C15H13FN6O/c17-11-4-2-1-3-10(11)9-24-14(12-5-6-25-23-12)7-13(22-24)16-20-15(18)8-19-21-16;1-9(23)13-6-12(15-19-14(17)7-18-20-15)21-22(13)8-10-4-2-3-5-11(10)16/h1-8H,9H2,(H2,18,20,21);2-7H,8H2,1H3,(H2,17,19,20). The number of anilines is 2. The van der Waals surface area contributed by atoms with Crippen molar-refractivity contribution >= 4 is 17.4 Å². The van der Waals surface area contributed by atoms with Crippen molar-refractivity contribution in [1.29, 1.82) is 0 Å². The summed E-state index contributed by atoms with van der Waals surface area (Å²) < 4.78 is 35.8. The number of carbonyl (C=O) groups is 1. The molecule has 0 amide bonds. The maximum absolute atomic E-state index is 14.0. The summed E-state index contributed by atoms with van der Waals surface area (Å²) in [7, 11) is 0. The van der Waals surface area contributed by atoms with Crippen LogP contribution in [-0.2, 0) is 13.1 Å². The molecule has 0 atom stereocenters. The maximum atomic E-state index is 14.0. The van der Waals surface area contributed by atoms with Crippen LogP contribution in [0.2, 0.25) is 0 Å². The van der Waals surface area contributed by atoms with Crippen LogP contribution in [0.3, 0.4) is 0 Å². The summed E-state index contributed by atoms with van der Waals surface area (Å²) in [5, 5.41) is 27.9. The van der Waals surface area contributed by atoms with E-state index in [1.54, 1.807) is 59.3 Å². The number of hydrogen-bond acceptors (Lipinski definition) is 13. The van der Waals surface area contributed by atoms with E-state index in [0.717, 1.165) is 0 Å². The fraction of sp³-hybridized carbons (Fsp3) is 0.0968. The van der Waals surface area contributed by atoms with Gasteiger partial charge in [-0.3, -0.25) is 14.2 Å². The number of rotatable bonds is 8. The number of benzene rings is 2. The smallest absolute Gasteiger partial charge is 0.204 e. The summed E-state index contributed by atoms with van der Waals surface area (Å²) in [6.45, 7) is 1.75. The Labute approximate surface area is 270 Å². The first-order valence-corrected chi connectivity index (χ1v) is 14.2. The van der Waals surface area contributed by atoms with E-state index in [2.05, 4.69) is 45.7 Å². The molecular weight excluding hydrogens is 624 g/mol. The molecule has 7 aromatic rings. The van der Waals surface area contributed by atoms with Crippen LogP contribution >= 0.6 is 0 Å². The van der Waals surface area contributed by atoms with Gasteiger partial charge in [0.05, 0.1) is 31.2 Å². The molecule has 0 aliphatic rings. The molecule has 15 nitrogen and oxygen atoms in total. The molecule has 7 rings (SSSR count). The minimum absolute atomic E-state index is 0.122. The van der Waals surface area contributed by atoms with Gasteiger partial charge in [0, 0.05) is 24.1 Å². The zero-order valence-electron chi connectivity index (χ0n) is 25.1. The summed E-state index contributed by atoms with van der Waals surface area (Å²) in [5.74, 6) is 0.0434. The second kappa shape index (κ2) is 13.7. The Morgan fingerprint density at radius 1 is 0.750 bits per heavy atom. The lowest BCUT2D eigenvalue weighted by atomic mass is 10.2. The third-order valence-electron chi connectivity index (χ3n) is 6.79. The third kappa shape index (κ3) is 7.04. The molecule has 5 aromatic heterocycles. The average molecular weight is 650 g/mol. The Hall–Kier alpha value is -6.78. The highest BCUT2D eigenvalue weighted by Gasteiger charge is 2.18. The van der Waals surface area contributed by atoms with Crippen molar-refractivity contribution in [1.82, 2.24) is 55.1 Å². The number of nitrogens with two attached hydrogens (primary N) is 2. The van der Waals surface area contributed by atoms with E-state index in [0.29, 0.717) is 39.6 Å². The third-order valence-corrected chi connectivity index (χ3v) is 6.79. The Balaban J connectivity index is 0.000000168. The van der Waals surface area contributed by atoms with Crippen LogP contribution in [0.15, 0.2) is 89.9 Å². The van der Waals surface area contributed by atoms with Crippen molar-refractivity contribution in [2.45, 2.75) is 20.0 Å². The molecule has 0 saturated heterocycles. The zero-order valence-corrected chi connectivity index (χ0v) is 25.1. The molecule has 2 aromatic carbocycles. The van der Waals surface area contributed by atoms with E-state index in [1.807, 2.05) is 0 Å². The first-order chi connectivity index (χ1) is 23.2. The van der Waals surface area contributed by atoms with Crippen LogP contribution in [0.25, 0.3) is 34.4 Å². The van der Waals surface area contributed by atoms with E-state index in [-0.39, 0.29) is 53.8 Å². The van der Waals surface area contributed by atoms with Gasteiger partial charge in [-0.05, 0) is 24.3 Å². The summed E-state index contributed by atoms with van der Waals surface area (Å²) in [6, 6.07) is 17.8. The summed E-state index contributed by atoms with van der Waals surface area (Å²) in [6.07, 6.45) is 4.11. The van der Waals surface area contributed by atoms with E-state index in [4.69, 9.17) is 16.0 Å². The van der Waals surface area contributed by atoms with Gasteiger partial charge in [0.1, 0.15) is 52.3 Å². The highest BCUT2D eigenvalue weighted by Crippen LogP contribution is 2.25. The SMILES string of the molecule is CC(=O)c1cc(-c2nncc(N)n2)nn1Cc1ccccc1F.Nc1cnnc(-c2cc(-c3ccon3)n(Cc3ccccc3F)n2)n1. The average Bonchev–Trinajstić information content (AvgIpc) is 3.84. The molecule has 17 heteroatoms. The minimum Gasteiger partial charge on any atom is -0.382 e. The lowest BCUT2D eigenvalue weighted by molar-refractivity contribution is 0.100. The highest BCUT2D eigenvalue weighted by molar-refractivity contribution is 5.93. The first kappa shape index (κ1) is 31.2. The van der Waals surface area contributed by atoms with Gasteiger partial charge in [-0.1, -0.05) is 41.6 Å². The molecule has 5 heterocycles. The van der Waals surface area contributed by atoms with Crippen LogP contribution in [0.5, 0.6) is 0 Å². The Morgan fingerprint density at radius 3 is 1.81 bits per heavy atom. The van der Waals surface area contributed by atoms with Crippen molar-refractivity contribution < 1.29 is 18.1 Å². The Kier molecular flexibility index (Phi) is 8.90. The van der Waals surface area contributed by atoms with E-state index in [9.17, 15) is 13.6 Å². The molecule has 4 N–H and O–H groups in total. The predicted octanol–water partition coefficient (Wildman–Crippen LogP) is 3.87. The quantitative estimate of drug-likeness (QED) is 0.224. The van der Waals surface area contributed by atoms with Gasteiger partial charge in [-0.2, -0.15) is 20.4 Å². The number of halogens is 2. The van der Waals surface area contributed by atoms with Crippen molar-refractivity contribution in [3.8, 4) is 34.4 Å². The number of carbonyl (C=O) groups excluding carboxylic acids is 1. The fourth-order valence-electron chi connectivity index (χ4n) is 4.55. The monoisotopic (exact) mass is 649 g/mol. The van der Waals surface area contributed by atoms with Crippen LogP contribution in [0, 0.1) is 11.6 Å². The predicted molar refractivity (Wildman–Crippen MR) is 167 cm³/mol. The Bertz CT molecular complexity index is 2200. The van der Waals surface area contributed by atoms with Crippen molar-refractivity contribution in [3.05, 3.63) is 114 Å². The lowest BCUT2D eigenvalue weighted by Gasteiger charge is -2.06. The molecule has 0 radical (unpaired) electrons. The summed E-state index contributed by atoms with van der Waals surface area (Å²) in [4.78, 5) is 20.0. The second-order valence-corrected chi connectivity index (χ2v) is 10.2. The van der Waals surface area contributed by atoms with Crippen LogP contribution < -0.4 is 11.5 Å². The van der Waals surface area contributed by atoms with Crippen molar-refractivity contribution in [2.75, 3.05) is 11.5 Å². The van der Waals surface area contributed by atoms with Crippen LogP contribution in [0.4, 0.5) is 20.4 Å². The number of nitrogens with zero attached hydrogens (tertiary/aromatic N) is 11. The Morgan fingerprint density at radius 2 is 1.29 bits per heavy atom. The molecule has 0 aliphatic carbocycles. The molecule has 240 valence electrons. The highest BCUT2D eigenvalue weighted by atomic mass is 19.1. The summed E-state index contributed by atoms with van der Waals surface area (Å²) >= 11 is 0. The van der Waals surface area contributed by atoms with Gasteiger partial charge in [0.2, 0.25) is 11.6 Å². The van der Waals surface area contributed by atoms with Crippen LogP contribution in [0.1, 0.15) is 28.5 Å². The molecule has 0 spiro atoms. The second-order valence-electron chi connectivity index (χ2n) is 10.2. The number of ketones is 1. The van der Waals surface area contributed by atoms with E-state index >= 15 is 0 Å². The molecule has 48 heavy (non-hydrogen) atoms. The van der Waals surface area contributed by atoms with Gasteiger partial charge in [-0.25, -0.2) is 18.7 Å². The minimum atomic E-state index is -0.360. The number of hydrogen-bond donors (Lipinski definition) is 2. The van der Waals surface area contributed by atoms with Gasteiger partial charge in [-0.15, -0.1) is 10.2 Å². The van der Waals surface area contributed by atoms with Crippen molar-refractivity contribution in [3.63, 3.8) is 0 Å². The van der Waals surface area contributed by atoms with Gasteiger partial charge in [0.25, 0.3) is 0 Å². The zero-order chi connectivity index (χ0) is 33.6. The molecule has 0 unspecified atom stereocenters. The van der Waals surface area contributed by atoms with Gasteiger partial charge in [0.15, 0.2) is 5.78 Å². The molecular formula is C31H25F2N13O2. The molecule has 0 fully saturated rings. The normalized spacial score (nSPS) is 10.8. The number of nitrogen functional groups attached to an aromatic ring is 2.